The Morgan fingerprint density at radius 3 is 2.20 bits per heavy atom. The van der Waals surface area contributed by atoms with Crippen molar-refractivity contribution in [2.24, 2.45) is 0 Å². The summed E-state index contributed by atoms with van der Waals surface area (Å²) in [5.74, 6) is -9.78. The minimum absolute atomic E-state index is 0.252. The molecule has 0 aliphatic rings. The van der Waals surface area contributed by atoms with Gasteiger partial charge in [0, 0.05) is 12.1 Å². The number of halogens is 6. The second-order valence-electron chi connectivity index (χ2n) is 3.44. The number of hydrogen-bond donors (Lipinski definition) is 1. The first-order valence-corrected chi connectivity index (χ1v) is 4.66. The lowest BCUT2D eigenvalue weighted by molar-refractivity contribution is -0.384. The number of nitrogens with one attached hydrogen (secondary N) is 1. The van der Waals surface area contributed by atoms with Gasteiger partial charge in [0.05, 0.1) is 4.92 Å². The lowest BCUT2D eigenvalue weighted by Crippen LogP contribution is -2.47. The van der Waals surface area contributed by atoms with E-state index in [1.807, 2.05) is 0 Å². The highest BCUT2D eigenvalue weighted by molar-refractivity contribution is 5.98. The molecule has 5 nitrogen and oxygen atoms in total. The number of nitro benzene ring substituents is 1. The van der Waals surface area contributed by atoms with Gasteiger partial charge in [-0.2, -0.15) is 22.0 Å². The maximum atomic E-state index is 12.8. The van der Waals surface area contributed by atoms with Crippen LogP contribution in [0.15, 0.2) is 18.2 Å². The Hall–Kier alpha value is -2.33. The molecular weight excluding hydrogens is 298 g/mol. The van der Waals surface area contributed by atoms with Gasteiger partial charge < -0.3 is 5.32 Å². The third-order valence-corrected chi connectivity index (χ3v) is 2.04. The van der Waals surface area contributed by atoms with Gasteiger partial charge in [-0.15, -0.1) is 0 Å². The molecule has 11 heteroatoms. The normalized spacial score (nSPS) is 12.1. The van der Waals surface area contributed by atoms with Crippen molar-refractivity contribution in [3.63, 3.8) is 0 Å². The van der Waals surface area contributed by atoms with Crippen LogP contribution < -0.4 is 5.32 Å². The Balaban J connectivity index is 3.14. The standard InChI is InChI=1S/C9H4F6N2O3/c10-4-1-2-6(17(19)20)5(3-4)16-7(18)8(11,12)9(13,14)15/h1-3H,(H,16,18). The smallest absolute Gasteiger partial charge is 0.315 e. The molecule has 1 aromatic rings. The van der Waals surface area contributed by atoms with E-state index in [2.05, 4.69) is 0 Å². The van der Waals surface area contributed by atoms with Crippen LogP contribution in [-0.2, 0) is 4.79 Å². The molecular formula is C9H4F6N2O3. The molecule has 0 aliphatic carbocycles. The summed E-state index contributed by atoms with van der Waals surface area (Å²) >= 11 is 0. The van der Waals surface area contributed by atoms with Gasteiger partial charge in [-0.05, 0) is 6.07 Å². The molecule has 0 atom stereocenters. The predicted molar refractivity (Wildman–Crippen MR) is 52.7 cm³/mol. The first-order valence-electron chi connectivity index (χ1n) is 4.66. The fraction of sp³-hybridized carbons (Fsp3) is 0.222. The number of nitro groups is 1. The molecule has 0 aromatic heterocycles. The summed E-state index contributed by atoms with van der Waals surface area (Å²) in [6.07, 6.45) is -6.18. The Kier molecular flexibility index (Phi) is 3.92. The Bertz CT molecular complexity index is 557. The molecule has 0 unspecified atom stereocenters. The molecule has 110 valence electrons. The third kappa shape index (κ3) is 2.97. The highest BCUT2D eigenvalue weighted by atomic mass is 19.4. The lowest BCUT2D eigenvalue weighted by Gasteiger charge is -2.18. The average molecular weight is 302 g/mol. The monoisotopic (exact) mass is 302 g/mol. The number of amides is 1. The van der Waals surface area contributed by atoms with Gasteiger partial charge in [-0.25, -0.2) is 4.39 Å². The molecule has 1 aromatic carbocycles. The third-order valence-electron chi connectivity index (χ3n) is 2.04. The first-order chi connectivity index (χ1) is 8.96. The molecule has 1 amide bonds. The molecule has 0 heterocycles. The van der Waals surface area contributed by atoms with Crippen LogP contribution in [-0.4, -0.2) is 22.9 Å². The average Bonchev–Trinajstić information content (AvgIpc) is 2.26. The van der Waals surface area contributed by atoms with Crippen molar-refractivity contribution in [3.05, 3.63) is 34.1 Å². The fourth-order valence-corrected chi connectivity index (χ4v) is 1.10. The number of carbonyl (C=O) groups excluding carboxylic acids is 1. The number of benzene rings is 1. The van der Waals surface area contributed by atoms with Crippen molar-refractivity contribution in [1.82, 2.24) is 0 Å². The Morgan fingerprint density at radius 2 is 1.75 bits per heavy atom. The van der Waals surface area contributed by atoms with Crippen molar-refractivity contribution in [3.8, 4) is 0 Å². The summed E-state index contributed by atoms with van der Waals surface area (Å²) in [6.45, 7) is 0. The number of alkyl halides is 5. The number of carbonyl (C=O) groups is 1. The maximum absolute atomic E-state index is 12.8. The van der Waals surface area contributed by atoms with Crippen LogP contribution in [0.3, 0.4) is 0 Å². The highest BCUT2D eigenvalue weighted by Crippen LogP contribution is 2.37. The second kappa shape index (κ2) is 4.98. The van der Waals surface area contributed by atoms with Crippen LogP contribution in [0.25, 0.3) is 0 Å². The number of nitrogens with zero attached hydrogens (tertiary/aromatic N) is 1. The summed E-state index contributed by atoms with van der Waals surface area (Å²) in [4.78, 5) is 20.1. The first kappa shape index (κ1) is 15.7. The van der Waals surface area contributed by atoms with Crippen molar-refractivity contribution in [2.45, 2.75) is 12.1 Å². The Morgan fingerprint density at radius 1 is 1.20 bits per heavy atom. The highest BCUT2D eigenvalue weighted by Gasteiger charge is 2.63. The van der Waals surface area contributed by atoms with E-state index >= 15 is 0 Å². The minimum Gasteiger partial charge on any atom is -0.315 e. The zero-order chi connectivity index (χ0) is 15.7. The molecule has 0 fully saturated rings. The van der Waals surface area contributed by atoms with Gasteiger partial charge in [0.15, 0.2) is 0 Å². The molecule has 0 saturated heterocycles. The van der Waals surface area contributed by atoms with Crippen LogP contribution in [0.5, 0.6) is 0 Å². The molecule has 20 heavy (non-hydrogen) atoms. The van der Waals surface area contributed by atoms with Crippen LogP contribution in [0, 0.1) is 15.9 Å². The van der Waals surface area contributed by atoms with Gasteiger partial charge in [-0.3, -0.25) is 14.9 Å². The lowest BCUT2D eigenvalue weighted by atomic mass is 10.2. The largest absolute Gasteiger partial charge is 0.463 e. The zero-order valence-electron chi connectivity index (χ0n) is 9.17. The van der Waals surface area contributed by atoms with E-state index in [4.69, 9.17) is 0 Å². The molecule has 1 rings (SSSR count). The molecule has 0 aliphatic heterocycles. The van der Waals surface area contributed by atoms with Gasteiger partial charge in [-0.1, -0.05) is 0 Å². The SMILES string of the molecule is O=C(Nc1cc(F)ccc1[N+](=O)[O-])C(F)(F)C(F)(F)F. The Labute approximate surface area is 106 Å². The van der Waals surface area contributed by atoms with E-state index in [1.54, 1.807) is 0 Å². The quantitative estimate of drug-likeness (QED) is 0.530. The summed E-state index contributed by atoms with van der Waals surface area (Å²) in [5.41, 5.74) is -2.14. The van der Waals surface area contributed by atoms with Crippen LogP contribution in [0.1, 0.15) is 0 Å². The fourth-order valence-electron chi connectivity index (χ4n) is 1.10. The van der Waals surface area contributed by atoms with Crippen molar-refractivity contribution < 1.29 is 36.1 Å². The number of anilines is 1. The van der Waals surface area contributed by atoms with E-state index in [1.165, 1.54) is 0 Å². The maximum Gasteiger partial charge on any atom is 0.463 e. The van der Waals surface area contributed by atoms with E-state index in [0.29, 0.717) is 12.1 Å². The number of rotatable bonds is 3. The molecule has 0 radical (unpaired) electrons. The van der Waals surface area contributed by atoms with Gasteiger partial charge in [0.2, 0.25) is 0 Å². The number of hydrogen-bond acceptors (Lipinski definition) is 3. The van der Waals surface area contributed by atoms with Crippen molar-refractivity contribution >= 4 is 17.3 Å². The summed E-state index contributed by atoms with van der Waals surface area (Å²) < 4.78 is 73.8. The van der Waals surface area contributed by atoms with Gasteiger partial charge in [0.1, 0.15) is 11.5 Å². The van der Waals surface area contributed by atoms with E-state index < -0.39 is 40.1 Å². The molecule has 0 bridgehead atoms. The topological polar surface area (TPSA) is 72.2 Å². The van der Waals surface area contributed by atoms with Crippen molar-refractivity contribution in [2.75, 3.05) is 5.32 Å². The minimum atomic E-state index is -6.18. The van der Waals surface area contributed by atoms with Crippen molar-refractivity contribution in [1.29, 1.82) is 0 Å². The summed E-state index contributed by atoms with van der Waals surface area (Å²) in [6, 6.07) is 1.34. The predicted octanol–water partition coefficient (Wildman–Crippen LogP) is 2.87. The van der Waals surface area contributed by atoms with Gasteiger partial charge in [0.25, 0.3) is 5.69 Å². The second-order valence-corrected chi connectivity index (χ2v) is 3.44. The molecule has 0 spiro atoms. The zero-order valence-corrected chi connectivity index (χ0v) is 9.17. The molecule has 0 saturated carbocycles. The van der Waals surface area contributed by atoms with E-state index in [0.717, 1.165) is 5.32 Å². The summed E-state index contributed by atoms with van der Waals surface area (Å²) in [7, 11) is 0. The van der Waals surface area contributed by atoms with Crippen LogP contribution >= 0.6 is 0 Å². The van der Waals surface area contributed by atoms with Crippen LogP contribution in [0.2, 0.25) is 0 Å². The summed E-state index contributed by atoms with van der Waals surface area (Å²) in [5, 5.41) is 11.5. The van der Waals surface area contributed by atoms with Gasteiger partial charge >= 0.3 is 18.0 Å². The van der Waals surface area contributed by atoms with E-state index in [-0.39, 0.29) is 6.07 Å². The molecule has 1 N–H and O–H groups in total. The van der Waals surface area contributed by atoms with Crippen LogP contribution in [0.4, 0.5) is 37.7 Å². The van der Waals surface area contributed by atoms with E-state index in [9.17, 15) is 41.3 Å².